The van der Waals surface area contributed by atoms with E-state index in [1.54, 1.807) is 0 Å². The molecule has 0 saturated carbocycles. The first-order chi connectivity index (χ1) is 15.7. The smallest absolute Gasteiger partial charge is 0.227 e. The fourth-order valence-corrected chi connectivity index (χ4v) is 4.97. The number of benzene rings is 2. The van der Waals surface area contributed by atoms with E-state index in [9.17, 15) is 9.59 Å². The summed E-state index contributed by atoms with van der Waals surface area (Å²) < 4.78 is 5.67. The predicted molar refractivity (Wildman–Crippen MR) is 125 cm³/mol. The van der Waals surface area contributed by atoms with Gasteiger partial charge in [0.05, 0.1) is 18.9 Å². The second kappa shape index (κ2) is 11.2. The van der Waals surface area contributed by atoms with Gasteiger partial charge in [0.2, 0.25) is 11.8 Å². The highest BCUT2D eigenvalue weighted by Gasteiger charge is 2.32. The molecule has 2 saturated heterocycles. The Kier molecular flexibility index (Phi) is 7.81. The van der Waals surface area contributed by atoms with Crippen LogP contribution in [0.4, 0.5) is 0 Å². The number of carbonyl (C=O) groups excluding carboxylic acids is 2. The van der Waals surface area contributed by atoms with Gasteiger partial charge in [0.1, 0.15) is 5.75 Å². The van der Waals surface area contributed by atoms with Gasteiger partial charge < -0.3 is 14.5 Å². The third kappa shape index (κ3) is 5.90. The maximum absolute atomic E-state index is 13.3. The SMILES string of the molecule is O=C(CCOc1ccccc1)N1CCCC(C(=O)N2CCCC(c3ccccc3)CC2)C1. The summed E-state index contributed by atoms with van der Waals surface area (Å²) in [6, 6.07) is 20.2. The van der Waals surface area contributed by atoms with Crippen LogP contribution < -0.4 is 4.74 Å². The van der Waals surface area contributed by atoms with Gasteiger partial charge >= 0.3 is 0 Å². The number of rotatable bonds is 6. The van der Waals surface area contributed by atoms with Crippen LogP contribution in [0.15, 0.2) is 60.7 Å². The molecule has 2 unspecified atom stereocenters. The van der Waals surface area contributed by atoms with Crippen LogP contribution in [-0.2, 0) is 9.59 Å². The number of likely N-dealkylation sites (tertiary alicyclic amines) is 2. The molecule has 170 valence electrons. The molecule has 0 aromatic heterocycles. The monoisotopic (exact) mass is 434 g/mol. The highest BCUT2D eigenvalue weighted by molar-refractivity contribution is 5.81. The zero-order valence-corrected chi connectivity index (χ0v) is 18.8. The van der Waals surface area contributed by atoms with E-state index in [0.29, 0.717) is 25.5 Å². The number of hydrogen-bond donors (Lipinski definition) is 0. The summed E-state index contributed by atoms with van der Waals surface area (Å²) in [5.74, 6) is 1.55. The van der Waals surface area contributed by atoms with Crippen LogP contribution in [-0.4, -0.2) is 54.4 Å². The third-order valence-electron chi connectivity index (χ3n) is 6.76. The fourth-order valence-electron chi connectivity index (χ4n) is 4.97. The lowest BCUT2D eigenvalue weighted by molar-refractivity contribution is -0.141. The molecular weight excluding hydrogens is 400 g/mol. The minimum absolute atomic E-state index is 0.0731. The van der Waals surface area contributed by atoms with E-state index in [1.807, 2.05) is 35.2 Å². The number of hydrogen-bond acceptors (Lipinski definition) is 3. The first-order valence-corrected chi connectivity index (χ1v) is 12.0. The summed E-state index contributed by atoms with van der Waals surface area (Å²) in [7, 11) is 0. The van der Waals surface area contributed by atoms with Crippen molar-refractivity contribution in [2.24, 2.45) is 5.92 Å². The molecule has 2 aromatic rings. The number of piperidine rings is 1. The molecule has 2 aliphatic heterocycles. The van der Waals surface area contributed by atoms with Crippen LogP contribution in [0.2, 0.25) is 0 Å². The van der Waals surface area contributed by atoms with Crippen molar-refractivity contribution >= 4 is 11.8 Å². The lowest BCUT2D eigenvalue weighted by Gasteiger charge is -2.35. The predicted octanol–water partition coefficient (Wildman–Crippen LogP) is 4.49. The van der Waals surface area contributed by atoms with Gasteiger partial charge in [0, 0.05) is 26.2 Å². The van der Waals surface area contributed by atoms with Gasteiger partial charge in [0.15, 0.2) is 0 Å². The van der Waals surface area contributed by atoms with E-state index in [1.165, 1.54) is 5.56 Å². The van der Waals surface area contributed by atoms with Gasteiger partial charge in [-0.25, -0.2) is 0 Å². The van der Waals surface area contributed by atoms with Crippen molar-refractivity contribution in [3.05, 3.63) is 66.2 Å². The topological polar surface area (TPSA) is 49.9 Å². The zero-order valence-electron chi connectivity index (χ0n) is 18.8. The number of amides is 2. The van der Waals surface area contributed by atoms with Crippen molar-refractivity contribution in [3.8, 4) is 5.75 Å². The second-order valence-electron chi connectivity index (χ2n) is 8.95. The normalized spacial score (nSPS) is 21.6. The number of carbonyl (C=O) groups is 2. The minimum atomic E-state index is -0.0731. The molecular formula is C27H34N2O3. The molecule has 4 rings (SSSR count). The molecule has 5 heteroatoms. The van der Waals surface area contributed by atoms with Crippen LogP contribution in [0.3, 0.4) is 0 Å². The van der Waals surface area contributed by atoms with Crippen molar-refractivity contribution in [2.75, 3.05) is 32.8 Å². The molecule has 2 fully saturated rings. The summed E-state index contributed by atoms with van der Waals surface area (Å²) in [5, 5.41) is 0. The van der Waals surface area contributed by atoms with Crippen LogP contribution >= 0.6 is 0 Å². The van der Waals surface area contributed by atoms with Crippen LogP contribution in [0.1, 0.15) is 50.0 Å². The first-order valence-electron chi connectivity index (χ1n) is 12.0. The Morgan fingerprint density at radius 3 is 2.28 bits per heavy atom. The maximum Gasteiger partial charge on any atom is 0.227 e. The maximum atomic E-state index is 13.3. The Morgan fingerprint density at radius 1 is 0.812 bits per heavy atom. The Labute approximate surface area is 191 Å². The highest BCUT2D eigenvalue weighted by atomic mass is 16.5. The molecule has 2 atom stereocenters. The summed E-state index contributed by atoms with van der Waals surface area (Å²) in [5.41, 5.74) is 1.38. The van der Waals surface area contributed by atoms with E-state index in [2.05, 4.69) is 35.2 Å². The largest absolute Gasteiger partial charge is 0.493 e. The van der Waals surface area contributed by atoms with Crippen molar-refractivity contribution in [1.82, 2.24) is 9.80 Å². The van der Waals surface area contributed by atoms with Crippen molar-refractivity contribution < 1.29 is 14.3 Å². The molecule has 2 aromatic carbocycles. The number of para-hydroxylation sites is 1. The van der Waals surface area contributed by atoms with E-state index < -0.39 is 0 Å². The summed E-state index contributed by atoms with van der Waals surface area (Å²) in [6.45, 7) is 3.29. The average molecular weight is 435 g/mol. The quantitative estimate of drug-likeness (QED) is 0.673. The molecule has 5 nitrogen and oxygen atoms in total. The molecule has 2 aliphatic rings. The van der Waals surface area contributed by atoms with Gasteiger partial charge in [-0.2, -0.15) is 0 Å². The summed E-state index contributed by atoms with van der Waals surface area (Å²) in [4.78, 5) is 29.9. The second-order valence-corrected chi connectivity index (χ2v) is 8.95. The lowest BCUT2D eigenvalue weighted by Crippen LogP contribution is -2.47. The number of ether oxygens (including phenoxy) is 1. The van der Waals surface area contributed by atoms with Crippen LogP contribution in [0.5, 0.6) is 5.75 Å². The van der Waals surface area contributed by atoms with E-state index in [-0.39, 0.29) is 17.7 Å². The number of nitrogens with zero attached hydrogens (tertiary/aromatic N) is 2. The molecule has 0 bridgehead atoms. The molecule has 0 spiro atoms. The van der Waals surface area contributed by atoms with Crippen molar-refractivity contribution in [3.63, 3.8) is 0 Å². The van der Waals surface area contributed by atoms with E-state index >= 15 is 0 Å². The molecule has 0 aliphatic carbocycles. The summed E-state index contributed by atoms with van der Waals surface area (Å²) in [6.07, 6.45) is 5.30. The Hall–Kier alpha value is -2.82. The highest BCUT2D eigenvalue weighted by Crippen LogP contribution is 2.29. The van der Waals surface area contributed by atoms with E-state index in [0.717, 1.165) is 57.5 Å². The third-order valence-corrected chi connectivity index (χ3v) is 6.76. The Bertz CT molecular complexity index is 871. The van der Waals surface area contributed by atoms with E-state index in [4.69, 9.17) is 4.74 Å². The minimum Gasteiger partial charge on any atom is -0.493 e. The van der Waals surface area contributed by atoms with Gasteiger partial charge in [-0.3, -0.25) is 9.59 Å². The first kappa shape index (κ1) is 22.4. The Balaban J connectivity index is 1.26. The molecule has 2 heterocycles. The molecule has 0 N–H and O–H groups in total. The summed E-state index contributed by atoms with van der Waals surface area (Å²) >= 11 is 0. The van der Waals surface area contributed by atoms with Crippen LogP contribution in [0.25, 0.3) is 0 Å². The van der Waals surface area contributed by atoms with Crippen molar-refractivity contribution in [1.29, 1.82) is 0 Å². The molecule has 32 heavy (non-hydrogen) atoms. The molecule has 0 radical (unpaired) electrons. The van der Waals surface area contributed by atoms with Gasteiger partial charge in [-0.05, 0) is 55.7 Å². The Morgan fingerprint density at radius 2 is 1.50 bits per heavy atom. The van der Waals surface area contributed by atoms with Crippen LogP contribution in [0, 0.1) is 5.92 Å². The zero-order chi connectivity index (χ0) is 22.2. The lowest BCUT2D eigenvalue weighted by atomic mass is 9.92. The molecule has 2 amide bonds. The van der Waals surface area contributed by atoms with Gasteiger partial charge in [0.25, 0.3) is 0 Å². The van der Waals surface area contributed by atoms with Gasteiger partial charge in [-0.15, -0.1) is 0 Å². The standard InChI is InChI=1S/C27H34N2O3/c30-26(16-20-32-25-13-5-2-6-14-25)29-18-8-12-24(21-29)27(31)28-17-7-11-23(15-19-28)22-9-3-1-4-10-22/h1-6,9-10,13-14,23-24H,7-8,11-12,15-21H2. The fraction of sp³-hybridized carbons (Fsp3) is 0.481. The van der Waals surface area contributed by atoms with Gasteiger partial charge in [-0.1, -0.05) is 48.5 Å². The average Bonchev–Trinajstić information content (AvgIpc) is 3.11. The van der Waals surface area contributed by atoms with Crippen molar-refractivity contribution in [2.45, 2.75) is 44.4 Å².